The van der Waals surface area contributed by atoms with Gasteiger partial charge in [-0.25, -0.2) is 11.9 Å². The average molecular weight is 591 g/mol. The van der Waals surface area contributed by atoms with Crippen LogP contribution in [-0.2, 0) is 13.1 Å². The van der Waals surface area contributed by atoms with Gasteiger partial charge in [0.25, 0.3) is 11.4 Å². The maximum Gasteiger partial charge on any atom is 1.00 e. The van der Waals surface area contributed by atoms with E-state index >= 15 is 0 Å². The van der Waals surface area contributed by atoms with Gasteiger partial charge in [-0.2, -0.15) is 0 Å². The number of hydrogen-bond acceptors (Lipinski definition) is 7. The zero-order chi connectivity index (χ0) is 21.7. The predicted molar refractivity (Wildman–Crippen MR) is 115 cm³/mol. The Balaban J connectivity index is 0.000000270. The van der Waals surface area contributed by atoms with Crippen molar-refractivity contribution in [1.82, 2.24) is 0 Å². The molecule has 0 amide bonds. The predicted octanol–water partition coefficient (Wildman–Crippen LogP) is 1.65. The molecule has 14 heteroatoms. The van der Waals surface area contributed by atoms with Crippen LogP contribution in [0.2, 0.25) is 0 Å². The number of halogens is 4. The molecule has 9 nitrogen and oxygen atoms in total. The molecular weight excluding hydrogens is 582 g/mol. The van der Waals surface area contributed by atoms with Crippen molar-refractivity contribution in [3.8, 4) is 0 Å². The van der Waals surface area contributed by atoms with Crippen molar-refractivity contribution in [3.63, 3.8) is 0 Å². The maximum absolute atomic E-state index is 10.6. The number of aliphatic imine (C=N–C) groups is 2. The van der Waals surface area contributed by atoms with Gasteiger partial charge >= 0.3 is 29.6 Å². The first-order valence-electron chi connectivity index (χ1n) is 7.57. The largest absolute Gasteiger partial charge is 1.00 e. The standard InChI is InChI=1S/C8H4BrClN2O2.C8H5BrN2O2.ClO.Na/c9-6-2-5-4(3-11-8(5)10)1-7(6)12(13)14;9-7-1-5-3-10-4-6(5)2-8(7)11(12)13;1-2;/h1-2H,3H2;1-3H,4H2;;/q;;-1;+1. The van der Waals surface area contributed by atoms with Gasteiger partial charge in [0, 0.05) is 23.9 Å². The second-order valence-corrected chi connectivity index (χ2v) is 7.62. The van der Waals surface area contributed by atoms with Crippen LogP contribution in [0.3, 0.4) is 0 Å². The number of nitrogens with zero attached hydrogens (tertiary/aromatic N) is 4. The Kier molecular flexibility index (Phi) is 11.0. The van der Waals surface area contributed by atoms with E-state index < -0.39 is 9.85 Å². The molecule has 0 aromatic heterocycles. The van der Waals surface area contributed by atoms with Crippen LogP contribution in [0.4, 0.5) is 11.4 Å². The topological polar surface area (TPSA) is 134 Å². The first-order chi connectivity index (χ1) is 13.8. The zero-order valence-electron chi connectivity index (χ0n) is 15.1. The molecule has 0 saturated heterocycles. The van der Waals surface area contributed by atoms with Gasteiger partial charge < -0.3 is 4.66 Å². The molecule has 0 bridgehead atoms. The van der Waals surface area contributed by atoms with Crippen LogP contribution in [0.15, 0.2) is 43.2 Å². The number of fused-ring (bicyclic) bond motifs is 2. The fraction of sp³-hybridized carbons (Fsp3) is 0.125. The molecule has 2 aliphatic rings. The van der Waals surface area contributed by atoms with Gasteiger partial charge in [-0.3, -0.25) is 30.2 Å². The average Bonchev–Trinajstić information content (AvgIpc) is 3.28. The molecule has 0 spiro atoms. The van der Waals surface area contributed by atoms with Crippen molar-refractivity contribution >= 4 is 78.1 Å². The smallest absolute Gasteiger partial charge is 0.769 e. The van der Waals surface area contributed by atoms with Gasteiger partial charge in [0.1, 0.15) is 5.17 Å². The molecule has 4 rings (SSSR count). The normalized spacial score (nSPS) is 12.2. The van der Waals surface area contributed by atoms with Crippen LogP contribution in [0.25, 0.3) is 0 Å². The summed E-state index contributed by atoms with van der Waals surface area (Å²) in [6.07, 6.45) is 1.73. The summed E-state index contributed by atoms with van der Waals surface area (Å²) < 4.78 is 8.65. The van der Waals surface area contributed by atoms with E-state index in [0.29, 0.717) is 27.2 Å². The molecule has 0 aliphatic carbocycles. The Labute approximate surface area is 219 Å². The molecule has 152 valence electrons. The Morgan fingerprint density at radius 3 is 2.00 bits per heavy atom. The number of hydrogen-bond donors (Lipinski definition) is 0. The molecular formula is C16H9Br2Cl2N4NaO5. The van der Waals surface area contributed by atoms with Crippen LogP contribution in [-0.4, -0.2) is 21.2 Å². The van der Waals surface area contributed by atoms with Crippen LogP contribution < -0.4 is 34.2 Å². The van der Waals surface area contributed by atoms with Crippen molar-refractivity contribution in [3.05, 3.63) is 75.7 Å². The van der Waals surface area contributed by atoms with E-state index in [0.717, 1.165) is 22.3 Å². The first-order valence-corrected chi connectivity index (χ1v) is 9.84. The van der Waals surface area contributed by atoms with Gasteiger partial charge in [0.05, 0.1) is 31.9 Å². The van der Waals surface area contributed by atoms with E-state index in [9.17, 15) is 20.2 Å². The number of nitro groups is 2. The Morgan fingerprint density at radius 2 is 1.43 bits per heavy atom. The minimum Gasteiger partial charge on any atom is -0.769 e. The summed E-state index contributed by atoms with van der Waals surface area (Å²) in [5, 5.41) is 21.6. The Morgan fingerprint density at radius 1 is 0.900 bits per heavy atom. The molecule has 0 radical (unpaired) electrons. The van der Waals surface area contributed by atoms with E-state index in [-0.39, 0.29) is 40.9 Å². The van der Waals surface area contributed by atoms with Gasteiger partial charge in [0.2, 0.25) is 0 Å². The van der Waals surface area contributed by atoms with Crippen molar-refractivity contribution in [1.29, 1.82) is 0 Å². The SMILES string of the molecule is O=[N+]([O-])c1cc2c(cc1Br)C(Cl)=NC2.O=[N+]([O-])c1cc2c(cc1Br)C=NC2.[Na+].[O-]Cl. The quantitative estimate of drug-likeness (QED) is 0.298. The third-order valence-corrected chi connectivity index (χ3v) is 5.47. The number of benzene rings is 2. The monoisotopic (exact) mass is 588 g/mol. The van der Waals surface area contributed by atoms with E-state index in [1.807, 2.05) is 0 Å². The Bertz CT molecular complexity index is 1050. The molecule has 0 atom stereocenters. The molecule has 0 saturated carbocycles. The minimum atomic E-state index is -0.434. The van der Waals surface area contributed by atoms with Crippen LogP contribution in [0.5, 0.6) is 0 Å². The molecule has 0 N–H and O–H groups in total. The van der Waals surface area contributed by atoms with Gasteiger partial charge in [-0.05, 0) is 60.7 Å². The second-order valence-electron chi connectivity index (χ2n) is 5.55. The van der Waals surface area contributed by atoms with Crippen molar-refractivity contribution < 1.29 is 44.1 Å². The van der Waals surface area contributed by atoms with E-state index in [4.69, 9.17) is 16.3 Å². The van der Waals surface area contributed by atoms with Crippen molar-refractivity contribution in [2.45, 2.75) is 13.1 Å². The second kappa shape index (κ2) is 12.2. The summed E-state index contributed by atoms with van der Waals surface area (Å²) in [7, 11) is 0. The molecule has 2 aliphatic heterocycles. The first kappa shape index (κ1) is 27.1. The van der Waals surface area contributed by atoms with E-state index in [2.05, 4.69) is 53.7 Å². The van der Waals surface area contributed by atoms with E-state index in [1.165, 1.54) is 6.07 Å². The minimum absolute atomic E-state index is 0. The van der Waals surface area contributed by atoms with Crippen molar-refractivity contribution in [2.75, 3.05) is 0 Å². The fourth-order valence-electron chi connectivity index (χ4n) is 2.57. The van der Waals surface area contributed by atoms with Crippen molar-refractivity contribution in [2.24, 2.45) is 9.98 Å². The van der Waals surface area contributed by atoms with Crippen LogP contribution >= 0.6 is 55.3 Å². The molecule has 2 aromatic rings. The summed E-state index contributed by atoms with van der Waals surface area (Å²) in [6.45, 7) is 0.964. The Hall–Kier alpha value is -0.920. The maximum atomic E-state index is 10.6. The summed E-state index contributed by atoms with van der Waals surface area (Å²) in [5.74, 6) is 0. The molecule has 30 heavy (non-hydrogen) atoms. The summed E-state index contributed by atoms with van der Waals surface area (Å²) in [6, 6.07) is 6.42. The van der Waals surface area contributed by atoms with Crippen LogP contribution in [0.1, 0.15) is 22.3 Å². The van der Waals surface area contributed by atoms with Gasteiger partial charge in [-0.15, -0.1) is 0 Å². The third-order valence-electron chi connectivity index (χ3n) is 3.88. The molecule has 0 unspecified atom stereocenters. The summed E-state index contributed by atoms with van der Waals surface area (Å²) in [4.78, 5) is 28.3. The molecule has 0 fully saturated rings. The number of rotatable bonds is 2. The fourth-order valence-corrected chi connectivity index (χ4v) is 3.80. The third kappa shape index (κ3) is 6.30. The molecule has 2 heterocycles. The summed E-state index contributed by atoms with van der Waals surface area (Å²) in [5.41, 5.74) is 3.58. The van der Waals surface area contributed by atoms with Gasteiger partial charge in [-0.1, -0.05) is 11.6 Å². The van der Waals surface area contributed by atoms with Crippen LogP contribution in [0, 0.1) is 20.2 Å². The molecule has 2 aromatic carbocycles. The summed E-state index contributed by atoms with van der Waals surface area (Å²) >= 11 is 15.5. The van der Waals surface area contributed by atoms with Gasteiger partial charge in [0.15, 0.2) is 0 Å². The number of nitro benzene ring substituents is 2. The van der Waals surface area contributed by atoms with E-state index in [1.54, 1.807) is 24.4 Å². The zero-order valence-corrected chi connectivity index (χ0v) is 21.8.